The van der Waals surface area contributed by atoms with Gasteiger partial charge < -0.3 is 10.1 Å². The predicted octanol–water partition coefficient (Wildman–Crippen LogP) is 2.90. The van der Waals surface area contributed by atoms with Gasteiger partial charge in [-0.25, -0.2) is 0 Å². The minimum Gasteiger partial charge on any atom is -0.377 e. The average Bonchev–Trinajstić information content (AvgIpc) is 2.88. The Morgan fingerprint density at radius 2 is 2.05 bits per heavy atom. The second kappa shape index (κ2) is 7.77. The highest BCUT2D eigenvalue weighted by molar-refractivity contribution is 4.93. The van der Waals surface area contributed by atoms with E-state index in [0.29, 0.717) is 18.2 Å². The van der Waals surface area contributed by atoms with E-state index >= 15 is 0 Å². The van der Waals surface area contributed by atoms with Gasteiger partial charge in [0.25, 0.3) is 0 Å². The third kappa shape index (κ3) is 4.19. The van der Waals surface area contributed by atoms with E-state index < -0.39 is 0 Å². The highest BCUT2D eigenvalue weighted by Crippen LogP contribution is 2.32. The fourth-order valence-corrected chi connectivity index (χ4v) is 4.35. The van der Waals surface area contributed by atoms with E-state index in [2.05, 4.69) is 38.0 Å². The monoisotopic (exact) mass is 282 g/mol. The first-order valence-electron chi connectivity index (χ1n) is 8.67. The summed E-state index contributed by atoms with van der Waals surface area (Å²) in [7, 11) is 2.31. The molecule has 2 fully saturated rings. The Kier molecular flexibility index (Phi) is 6.31. The third-order valence-electron chi connectivity index (χ3n) is 5.11. The highest BCUT2D eigenvalue weighted by Gasteiger charge is 2.36. The third-order valence-corrected chi connectivity index (χ3v) is 5.11. The van der Waals surface area contributed by atoms with Crippen molar-refractivity contribution >= 4 is 0 Å². The lowest BCUT2D eigenvalue weighted by molar-refractivity contribution is 0.0280. The van der Waals surface area contributed by atoms with Gasteiger partial charge in [0.05, 0.1) is 6.10 Å². The summed E-state index contributed by atoms with van der Waals surface area (Å²) in [6, 6.07) is 1.32. The lowest BCUT2D eigenvalue weighted by Gasteiger charge is -2.45. The fourth-order valence-electron chi connectivity index (χ4n) is 4.35. The van der Waals surface area contributed by atoms with Gasteiger partial charge >= 0.3 is 0 Å². The van der Waals surface area contributed by atoms with Gasteiger partial charge in [0.15, 0.2) is 0 Å². The molecule has 5 atom stereocenters. The van der Waals surface area contributed by atoms with Gasteiger partial charge in [0, 0.05) is 25.2 Å². The zero-order valence-corrected chi connectivity index (χ0v) is 13.9. The van der Waals surface area contributed by atoms with E-state index in [4.69, 9.17) is 4.74 Å². The molecular weight excluding hydrogens is 248 g/mol. The molecule has 3 nitrogen and oxygen atoms in total. The molecule has 1 N–H and O–H groups in total. The maximum atomic E-state index is 5.83. The van der Waals surface area contributed by atoms with Gasteiger partial charge in [-0.15, -0.1) is 0 Å². The van der Waals surface area contributed by atoms with Crippen molar-refractivity contribution in [2.45, 2.75) is 71.1 Å². The standard InChI is InChI=1S/C17H34N2O/c1-5-8-18-16-11-13(2)10-14(3)17(16)19(4)12-15-7-6-9-20-15/h13-18H,5-12H2,1-4H3. The smallest absolute Gasteiger partial charge is 0.0702 e. The molecule has 0 aromatic rings. The molecule has 0 spiro atoms. The molecule has 1 aliphatic carbocycles. The van der Waals surface area contributed by atoms with Crippen LogP contribution in [0.15, 0.2) is 0 Å². The normalized spacial score (nSPS) is 38.5. The van der Waals surface area contributed by atoms with Crippen LogP contribution in [-0.4, -0.2) is 49.8 Å². The first-order valence-corrected chi connectivity index (χ1v) is 8.67. The topological polar surface area (TPSA) is 24.5 Å². The van der Waals surface area contributed by atoms with E-state index in [1.807, 2.05) is 0 Å². The molecule has 118 valence electrons. The van der Waals surface area contributed by atoms with Crippen molar-refractivity contribution in [1.82, 2.24) is 10.2 Å². The Morgan fingerprint density at radius 1 is 1.25 bits per heavy atom. The van der Waals surface area contributed by atoms with Crippen LogP contribution in [0.1, 0.15) is 52.9 Å². The fraction of sp³-hybridized carbons (Fsp3) is 1.00. The Balaban J connectivity index is 1.95. The molecule has 0 amide bonds. The number of ether oxygens (including phenoxy) is 1. The molecule has 5 unspecified atom stereocenters. The van der Waals surface area contributed by atoms with Gasteiger partial charge in [-0.1, -0.05) is 20.8 Å². The first kappa shape index (κ1) is 16.3. The average molecular weight is 282 g/mol. The van der Waals surface area contributed by atoms with Crippen LogP contribution in [0.5, 0.6) is 0 Å². The molecular formula is C17H34N2O. The number of nitrogens with zero attached hydrogens (tertiary/aromatic N) is 1. The van der Waals surface area contributed by atoms with E-state index in [1.54, 1.807) is 0 Å². The number of hydrogen-bond donors (Lipinski definition) is 1. The summed E-state index contributed by atoms with van der Waals surface area (Å²) in [6.07, 6.45) is 6.87. The van der Waals surface area contributed by atoms with Crippen LogP contribution >= 0.6 is 0 Å². The first-order chi connectivity index (χ1) is 9.61. The summed E-state index contributed by atoms with van der Waals surface area (Å²) < 4.78 is 5.83. The van der Waals surface area contributed by atoms with Crippen molar-refractivity contribution in [3.63, 3.8) is 0 Å². The number of rotatable bonds is 6. The van der Waals surface area contributed by atoms with Gasteiger partial charge in [0.1, 0.15) is 0 Å². The van der Waals surface area contributed by atoms with E-state index in [9.17, 15) is 0 Å². The molecule has 2 aliphatic rings. The second-order valence-corrected chi connectivity index (χ2v) is 7.18. The predicted molar refractivity (Wildman–Crippen MR) is 85.0 cm³/mol. The van der Waals surface area contributed by atoms with Crippen LogP contribution < -0.4 is 5.32 Å². The Hall–Kier alpha value is -0.120. The maximum Gasteiger partial charge on any atom is 0.0702 e. The van der Waals surface area contributed by atoms with Crippen LogP contribution in [0.4, 0.5) is 0 Å². The molecule has 3 heteroatoms. The summed E-state index contributed by atoms with van der Waals surface area (Å²) in [5, 5.41) is 3.81. The molecule has 20 heavy (non-hydrogen) atoms. The van der Waals surface area contributed by atoms with Gasteiger partial charge in [-0.3, -0.25) is 4.90 Å². The minimum atomic E-state index is 0.471. The molecule has 1 saturated heterocycles. The van der Waals surface area contributed by atoms with Crippen LogP contribution in [0.25, 0.3) is 0 Å². The van der Waals surface area contributed by atoms with Crippen LogP contribution in [-0.2, 0) is 4.74 Å². The van der Waals surface area contributed by atoms with Gasteiger partial charge in [-0.2, -0.15) is 0 Å². The molecule has 0 aromatic heterocycles. The molecule has 1 saturated carbocycles. The number of likely N-dealkylation sites (N-methyl/N-ethyl adjacent to an activating group) is 1. The molecule has 0 aromatic carbocycles. The maximum absolute atomic E-state index is 5.83. The Bertz CT molecular complexity index is 278. The summed E-state index contributed by atoms with van der Waals surface area (Å²) in [6.45, 7) is 10.3. The lowest BCUT2D eigenvalue weighted by Crippen LogP contribution is -2.56. The van der Waals surface area contributed by atoms with Crippen molar-refractivity contribution < 1.29 is 4.74 Å². The van der Waals surface area contributed by atoms with Crippen molar-refractivity contribution in [3.8, 4) is 0 Å². The SMILES string of the molecule is CCCNC1CC(C)CC(C)C1N(C)CC1CCCO1. The van der Waals surface area contributed by atoms with Crippen molar-refractivity contribution in [1.29, 1.82) is 0 Å². The minimum absolute atomic E-state index is 0.471. The van der Waals surface area contributed by atoms with E-state index in [-0.39, 0.29) is 0 Å². The summed E-state index contributed by atoms with van der Waals surface area (Å²) in [5.41, 5.74) is 0. The summed E-state index contributed by atoms with van der Waals surface area (Å²) in [4.78, 5) is 2.58. The largest absolute Gasteiger partial charge is 0.377 e. The number of hydrogen-bond acceptors (Lipinski definition) is 3. The lowest BCUT2D eigenvalue weighted by atomic mass is 9.76. The molecule has 2 rings (SSSR count). The van der Waals surface area contributed by atoms with Gasteiger partial charge in [0.2, 0.25) is 0 Å². The van der Waals surface area contributed by atoms with Crippen molar-refractivity contribution in [3.05, 3.63) is 0 Å². The van der Waals surface area contributed by atoms with Gasteiger partial charge in [-0.05, 0) is 57.5 Å². The zero-order chi connectivity index (χ0) is 14.5. The molecule has 1 heterocycles. The number of nitrogens with one attached hydrogen (secondary N) is 1. The Labute approximate surface area is 125 Å². The molecule has 1 aliphatic heterocycles. The molecule has 0 bridgehead atoms. The molecule has 0 radical (unpaired) electrons. The second-order valence-electron chi connectivity index (χ2n) is 7.18. The van der Waals surface area contributed by atoms with Crippen LogP contribution in [0, 0.1) is 11.8 Å². The van der Waals surface area contributed by atoms with Crippen LogP contribution in [0.2, 0.25) is 0 Å². The zero-order valence-electron chi connectivity index (χ0n) is 13.9. The summed E-state index contributed by atoms with van der Waals surface area (Å²) >= 11 is 0. The van der Waals surface area contributed by atoms with Crippen molar-refractivity contribution in [2.24, 2.45) is 11.8 Å². The highest BCUT2D eigenvalue weighted by atomic mass is 16.5. The summed E-state index contributed by atoms with van der Waals surface area (Å²) in [5.74, 6) is 1.63. The van der Waals surface area contributed by atoms with E-state index in [1.165, 1.54) is 32.1 Å². The van der Waals surface area contributed by atoms with Crippen LogP contribution in [0.3, 0.4) is 0 Å². The van der Waals surface area contributed by atoms with E-state index in [0.717, 1.165) is 31.5 Å². The quantitative estimate of drug-likeness (QED) is 0.811. The Morgan fingerprint density at radius 3 is 2.70 bits per heavy atom. The van der Waals surface area contributed by atoms with Crippen molar-refractivity contribution in [2.75, 3.05) is 26.7 Å².